The number of nitrogens with one attached hydrogen (secondary N) is 1. The van der Waals surface area contributed by atoms with Gasteiger partial charge < -0.3 is 20.1 Å². The number of fused-ring (bicyclic) bond motifs is 3. The molecule has 0 bridgehead atoms. The second-order valence-electron chi connectivity index (χ2n) is 11.3. The summed E-state index contributed by atoms with van der Waals surface area (Å²) in [6.45, 7) is -0.125. The van der Waals surface area contributed by atoms with E-state index in [-0.39, 0.29) is 30.4 Å². The molecular weight excluding hydrogens is 492 g/mol. The van der Waals surface area contributed by atoms with Crippen LogP contribution in [0.3, 0.4) is 0 Å². The molecule has 0 unspecified atom stereocenters. The van der Waals surface area contributed by atoms with Crippen molar-refractivity contribution in [2.45, 2.75) is 50.1 Å². The van der Waals surface area contributed by atoms with Crippen molar-refractivity contribution in [3.8, 4) is 11.1 Å². The van der Waals surface area contributed by atoms with Crippen LogP contribution in [0, 0.1) is 5.41 Å². The number of carbonyl (C=O) groups is 3. The number of nitrogens with zero attached hydrogens (tertiary/aromatic N) is 1. The Hall–Kier alpha value is -4.13. The van der Waals surface area contributed by atoms with Gasteiger partial charge in [-0.2, -0.15) is 0 Å². The molecule has 2 amide bonds. The first kappa shape index (κ1) is 25.2. The van der Waals surface area contributed by atoms with Crippen molar-refractivity contribution in [1.29, 1.82) is 0 Å². The minimum atomic E-state index is -1.16. The molecular formula is C32H32N2O5. The van der Waals surface area contributed by atoms with Crippen molar-refractivity contribution in [2.75, 3.05) is 13.2 Å². The maximum absolute atomic E-state index is 13.9. The number of hydrogen-bond donors (Lipinski definition) is 2. The van der Waals surface area contributed by atoms with E-state index >= 15 is 0 Å². The molecule has 7 heteroatoms. The van der Waals surface area contributed by atoms with E-state index in [1.165, 1.54) is 4.90 Å². The zero-order chi connectivity index (χ0) is 27.0. The lowest BCUT2D eigenvalue weighted by Crippen LogP contribution is -2.71. The molecule has 3 aromatic carbocycles. The zero-order valence-electron chi connectivity index (χ0n) is 21.8. The van der Waals surface area contributed by atoms with Gasteiger partial charge in [0, 0.05) is 12.5 Å². The van der Waals surface area contributed by atoms with Gasteiger partial charge in [-0.05, 0) is 58.9 Å². The normalized spacial score (nSPS) is 17.7. The summed E-state index contributed by atoms with van der Waals surface area (Å²) in [6.07, 6.45) is 3.52. The number of carbonyl (C=O) groups excluding carboxylic acids is 2. The molecule has 2 saturated carbocycles. The van der Waals surface area contributed by atoms with Crippen LogP contribution in [0.2, 0.25) is 0 Å². The molecule has 2 N–H and O–H groups in total. The second-order valence-corrected chi connectivity index (χ2v) is 11.3. The first-order chi connectivity index (χ1) is 18.9. The number of hydrogen-bond acceptors (Lipinski definition) is 4. The van der Waals surface area contributed by atoms with Crippen molar-refractivity contribution in [1.82, 2.24) is 10.2 Å². The van der Waals surface area contributed by atoms with Crippen molar-refractivity contribution >= 4 is 18.0 Å². The average molecular weight is 525 g/mol. The molecule has 0 saturated heterocycles. The molecule has 0 aromatic heterocycles. The van der Waals surface area contributed by atoms with Crippen molar-refractivity contribution in [3.05, 3.63) is 95.6 Å². The Kier molecular flexibility index (Phi) is 6.37. The highest BCUT2D eigenvalue weighted by atomic mass is 16.5. The van der Waals surface area contributed by atoms with Gasteiger partial charge in [0.15, 0.2) is 0 Å². The lowest BCUT2D eigenvalue weighted by molar-refractivity contribution is -0.159. The fraction of sp³-hybridized carbons (Fsp3) is 0.344. The first-order valence-corrected chi connectivity index (χ1v) is 13.6. The lowest BCUT2D eigenvalue weighted by atomic mass is 9.48. The summed E-state index contributed by atoms with van der Waals surface area (Å²) in [4.78, 5) is 40.2. The Morgan fingerprint density at radius 1 is 0.872 bits per heavy atom. The van der Waals surface area contributed by atoms with Gasteiger partial charge in [-0.3, -0.25) is 9.59 Å². The van der Waals surface area contributed by atoms with Crippen LogP contribution in [-0.2, 0) is 20.9 Å². The highest BCUT2D eigenvalue weighted by molar-refractivity contribution is 5.93. The van der Waals surface area contributed by atoms with E-state index in [1.807, 2.05) is 54.6 Å². The monoisotopic (exact) mass is 524 g/mol. The third-order valence-corrected chi connectivity index (χ3v) is 8.69. The van der Waals surface area contributed by atoms with Crippen LogP contribution in [0.4, 0.5) is 4.79 Å². The van der Waals surface area contributed by atoms with Gasteiger partial charge in [-0.25, -0.2) is 4.79 Å². The third-order valence-electron chi connectivity index (χ3n) is 8.69. The van der Waals surface area contributed by atoms with Gasteiger partial charge in [-0.15, -0.1) is 0 Å². The number of carboxylic acid groups (broad SMARTS) is 1. The number of carboxylic acids is 1. The van der Waals surface area contributed by atoms with Crippen LogP contribution in [0.15, 0.2) is 78.9 Å². The van der Waals surface area contributed by atoms with Crippen LogP contribution >= 0.6 is 0 Å². The Labute approximate surface area is 227 Å². The van der Waals surface area contributed by atoms with Crippen LogP contribution in [0.1, 0.15) is 54.7 Å². The molecule has 6 rings (SSSR count). The van der Waals surface area contributed by atoms with E-state index in [0.717, 1.165) is 47.1 Å². The molecule has 1 spiro atoms. The minimum absolute atomic E-state index is 0.0495. The van der Waals surface area contributed by atoms with Gasteiger partial charge in [0.25, 0.3) is 0 Å². The molecule has 0 radical (unpaired) electrons. The van der Waals surface area contributed by atoms with Crippen molar-refractivity contribution in [3.63, 3.8) is 0 Å². The number of aliphatic carboxylic acids is 1. The predicted molar refractivity (Wildman–Crippen MR) is 146 cm³/mol. The molecule has 0 heterocycles. The standard InChI is InChI=1S/C32H32N2O5/c35-28(36)18-34(17-22-9-2-1-3-10-22)29(37)32(20-31(21-32)15-8-16-31)33-30(38)39-19-27-25-13-6-4-11-23(25)24-12-5-7-14-26(24)27/h1-7,9-14,27H,8,15-21H2,(H,33,38)(H,35,36). The van der Waals surface area contributed by atoms with Gasteiger partial charge in [0.1, 0.15) is 18.7 Å². The van der Waals surface area contributed by atoms with Gasteiger partial charge in [0.05, 0.1) is 0 Å². The highest BCUT2D eigenvalue weighted by Crippen LogP contribution is 2.61. The van der Waals surface area contributed by atoms with E-state index < -0.39 is 24.1 Å². The fourth-order valence-electron chi connectivity index (χ4n) is 6.85. The van der Waals surface area contributed by atoms with E-state index in [1.54, 1.807) is 0 Å². The molecule has 0 aliphatic heterocycles. The summed E-state index contributed by atoms with van der Waals surface area (Å²) in [5.41, 5.74) is 4.24. The van der Waals surface area contributed by atoms with Crippen LogP contribution in [0.25, 0.3) is 11.1 Å². The Morgan fingerprint density at radius 2 is 1.46 bits per heavy atom. The molecule has 3 aliphatic rings. The van der Waals surface area contributed by atoms with E-state index in [9.17, 15) is 19.5 Å². The van der Waals surface area contributed by atoms with Gasteiger partial charge in [-0.1, -0.05) is 85.3 Å². The number of amides is 2. The molecule has 0 atom stereocenters. The highest BCUT2D eigenvalue weighted by Gasteiger charge is 2.62. The molecule has 2 fully saturated rings. The van der Waals surface area contributed by atoms with Gasteiger partial charge in [0.2, 0.25) is 5.91 Å². The predicted octanol–water partition coefficient (Wildman–Crippen LogP) is 5.34. The zero-order valence-corrected chi connectivity index (χ0v) is 21.8. The Bertz CT molecular complexity index is 1360. The summed E-state index contributed by atoms with van der Waals surface area (Å²) >= 11 is 0. The maximum atomic E-state index is 13.9. The first-order valence-electron chi connectivity index (χ1n) is 13.6. The van der Waals surface area contributed by atoms with Gasteiger partial charge >= 0.3 is 12.1 Å². The molecule has 200 valence electrons. The number of rotatable bonds is 8. The fourth-order valence-corrected chi connectivity index (χ4v) is 6.85. The second kappa shape index (κ2) is 9.88. The summed E-state index contributed by atoms with van der Waals surface area (Å²) in [6, 6.07) is 25.6. The Balaban J connectivity index is 1.19. The Morgan fingerprint density at radius 3 is 2.03 bits per heavy atom. The summed E-state index contributed by atoms with van der Waals surface area (Å²) in [7, 11) is 0. The number of benzene rings is 3. The van der Waals surface area contributed by atoms with Crippen molar-refractivity contribution < 1.29 is 24.2 Å². The van der Waals surface area contributed by atoms with E-state index in [4.69, 9.17) is 4.74 Å². The van der Waals surface area contributed by atoms with Crippen LogP contribution < -0.4 is 5.32 Å². The number of ether oxygens (including phenoxy) is 1. The van der Waals surface area contributed by atoms with E-state index in [0.29, 0.717) is 12.8 Å². The SMILES string of the molecule is O=C(O)CN(Cc1ccccc1)C(=O)C1(NC(=O)OCC2c3ccccc3-c3ccccc32)CC2(CCC2)C1. The number of alkyl carbamates (subject to hydrolysis) is 1. The minimum Gasteiger partial charge on any atom is -0.480 e. The molecule has 3 aliphatic carbocycles. The topological polar surface area (TPSA) is 95.9 Å². The molecule has 7 nitrogen and oxygen atoms in total. The summed E-state index contributed by atoms with van der Waals surface area (Å²) in [5.74, 6) is -1.54. The summed E-state index contributed by atoms with van der Waals surface area (Å²) < 4.78 is 5.78. The lowest BCUT2D eigenvalue weighted by Gasteiger charge is -2.60. The largest absolute Gasteiger partial charge is 0.480 e. The van der Waals surface area contributed by atoms with Crippen LogP contribution in [0.5, 0.6) is 0 Å². The molecule has 3 aromatic rings. The smallest absolute Gasteiger partial charge is 0.408 e. The van der Waals surface area contributed by atoms with Crippen molar-refractivity contribution in [2.24, 2.45) is 5.41 Å². The summed E-state index contributed by atoms with van der Waals surface area (Å²) in [5, 5.41) is 12.5. The molecule has 39 heavy (non-hydrogen) atoms. The quantitative estimate of drug-likeness (QED) is 0.415. The third kappa shape index (κ3) is 4.67. The average Bonchev–Trinajstić information content (AvgIpc) is 3.21. The van der Waals surface area contributed by atoms with E-state index in [2.05, 4.69) is 29.6 Å². The van der Waals surface area contributed by atoms with Crippen LogP contribution in [-0.4, -0.2) is 46.7 Å². The maximum Gasteiger partial charge on any atom is 0.408 e.